The normalized spacial score (nSPS) is 10.9. The van der Waals surface area contributed by atoms with Crippen LogP contribution in [-0.2, 0) is 0 Å². The van der Waals surface area contributed by atoms with E-state index in [4.69, 9.17) is 17.4 Å². The molecule has 1 aromatic carbocycles. The van der Waals surface area contributed by atoms with Crippen molar-refractivity contribution in [1.82, 2.24) is 0 Å². The zero-order valence-electron chi connectivity index (χ0n) is 5.89. The molecule has 1 aromatic rings. The maximum atomic E-state index is 12.9. The van der Waals surface area contributed by atoms with Crippen molar-refractivity contribution in [3.05, 3.63) is 33.0 Å². The third kappa shape index (κ3) is 1.95. The molecule has 0 aliphatic rings. The second kappa shape index (κ2) is 3.87. The van der Waals surface area contributed by atoms with Crippen LogP contribution in [-0.4, -0.2) is 6.21 Å². The highest BCUT2D eigenvalue weighted by atomic mass is 79.9. The van der Waals surface area contributed by atoms with Gasteiger partial charge in [-0.2, -0.15) is 5.10 Å². The summed E-state index contributed by atoms with van der Waals surface area (Å²) < 4.78 is 13.4. The fourth-order valence-electron chi connectivity index (χ4n) is 0.736. The quantitative estimate of drug-likeness (QED) is 0.354. The van der Waals surface area contributed by atoms with Gasteiger partial charge in [0.2, 0.25) is 0 Å². The third-order valence-corrected chi connectivity index (χ3v) is 2.47. The molecule has 0 spiro atoms. The highest BCUT2D eigenvalue weighted by Crippen LogP contribution is 2.26. The van der Waals surface area contributed by atoms with Crippen molar-refractivity contribution in [3.63, 3.8) is 0 Å². The van der Waals surface area contributed by atoms with Crippen LogP contribution in [0.5, 0.6) is 0 Å². The molecule has 64 valence electrons. The van der Waals surface area contributed by atoms with Gasteiger partial charge in [-0.05, 0) is 33.6 Å². The van der Waals surface area contributed by atoms with Gasteiger partial charge >= 0.3 is 0 Å². The molecular weight excluding hydrogens is 246 g/mol. The van der Waals surface area contributed by atoms with E-state index in [1.165, 1.54) is 12.3 Å². The van der Waals surface area contributed by atoms with E-state index >= 15 is 0 Å². The van der Waals surface area contributed by atoms with Crippen molar-refractivity contribution in [2.24, 2.45) is 10.9 Å². The summed E-state index contributed by atoms with van der Waals surface area (Å²) in [5.74, 6) is 4.40. The van der Waals surface area contributed by atoms with E-state index in [1.54, 1.807) is 6.07 Å². The first-order chi connectivity index (χ1) is 5.65. The van der Waals surface area contributed by atoms with Gasteiger partial charge in [0.1, 0.15) is 5.82 Å². The number of nitrogens with two attached hydrogens (primary N) is 1. The first-order valence-corrected chi connectivity index (χ1v) is 4.20. The molecule has 5 heteroatoms. The highest BCUT2D eigenvalue weighted by Gasteiger charge is 2.05. The van der Waals surface area contributed by atoms with E-state index < -0.39 is 5.82 Å². The van der Waals surface area contributed by atoms with Crippen molar-refractivity contribution in [1.29, 1.82) is 0 Å². The Labute approximate surface area is 82.3 Å². The maximum absolute atomic E-state index is 12.9. The molecule has 2 N–H and O–H groups in total. The molecule has 12 heavy (non-hydrogen) atoms. The molecular formula is C7H5BrClFN2. The van der Waals surface area contributed by atoms with Crippen LogP contribution in [0.1, 0.15) is 5.56 Å². The number of rotatable bonds is 1. The van der Waals surface area contributed by atoms with E-state index in [0.717, 1.165) is 0 Å². The molecule has 0 saturated carbocycles. The molecule has 0 bridgehead atoms. The Kier molecular flexibility index (Phi) is 3.05. The lowest BCUT2D eigenvalue weighted by Crippen LogP contribution is -1.89. The monoisotopic (exact) mass is 250 g/mol. The van der Waals surface area contributed by atoms with Crippen LogP contribution < -0.4 is 5.84 Å². The van der Waals surface area contributed by atoms with E-state index in [0.29, 0.717) is 10.0 Å². The molecule has 1 rings (SSSR count). The lowest BCUT2D eigenvalue weighted by Gasteiger charge is -1.98. The smallest absolute Gasteiger partial charge is 0.143 e. The van der Waals surface area contributed by atoms with Crippen LogP contribution >= 0.6 is 27.5 Å². The molecule has 0 amide bonds. The number of benzene rings is 1. The molecule has 2 nitrogen and oxygen atoms in total. The molecule has 0 fully saturated rings. The maximum Gasteiger partial charge on any atom is 0.143 e. The van der Waals surface area contributed by atoms with Gasteiger partial charge in [-0.1, -0.05) is 11.6 Å². The molecule has 0 saturated heterocycles. The zero-order chi connectivity index (χ0) is 9.14. The Morgan fingerprint density at radius 2 is 2.25 bits per heavy atom. The summed E-state index contributed by atoms with van der Waals surface area (Å²) in [4.78, 5) is 0. The Hall–Kier alpha value is -0.610. The molecule has 0 heterocycles. The number of halogens is 3. The SMILES string of the molecule is NN=Cc1cc(F)c(Cl)c(Br)c1. The number of hydrogen-bond donors (Lipinski definition) is 1. The summed E-state index contributed by atoms with van der Waals surface area (Å²) in [5.41, 5.74) is 0.561. The summed E-state index contributed by atoms with van der Waals surface area (Å²) >= 11 is 8.64. The average Bonchev–Trinajstić information content (AvgIpc) is 2.01. The number of hydrazone groups is 1. The summed E-state index contributed by atoms with van der Waals surface area (Å²) in [6.45, 7) is 0. The van der Waals surface area contributed by atoms with Crippen LogP contribution in [0, 0.1) is 5.82 Å². The van der Waals surface area contributed by atoms with Crippen molar-refractivity contribution in [2.75, 3.05) is 0 Å². The third-order valence-electron chi connectivity index (χ3n) is 1.23. The van der Waals surface area contributed by atoms with Crippen molar-refractivity contribution >= 4 is 33.7 Å². The van der Waals surface area contributed by atoms with Gasteiger partial charge in [0.05, 0.1) is 11.2 Å². The van der Waals surface area contributed by atoms with Crippen LogP contribution in [0.4, 0.5) is 4.39 Å². The van der Waals surface area contributed by atoms with Crippen LogP contribution in [0.2, 0.25) is 5.02 Å². The summed E-state index contributed by atoms with van der Waals surface area (Å²) in [7, 11) is 0. The average molecular weight is 251 g/mol. The van der Waals surface area contributed by atoms with Gasteiger partial charge in [0.15, 0.2) is 0 Å². The minimum atomic E-state index is -0.499. The summed E-state index contributed by atoms with van der Waals surface area (Å²) in [6, 6.07) is 2.88. The molecule has 0 aromatic heterocycles. The van der Waals surface area contributed by atoms with Gasteiger partial charge in [0, 0.05) is 4.47 Å². The van der Waals surface area contributed by atoms with Gasteiger partial charge in [0.25, 0.3) is 0 Å². The second-order valence-corrected chi connectivity index (χ2v) is 3.31. The van der Waals surface area contributed by atoms with Gasteiger partial charge in [-0.15, -0.1) is 0 Å². The van der Waals surface area contributed by atoms with Gasteiger partial charge in [-0.3, -0.25) is 0 Å². The topological polar surface area (TPSA) is 38.4 Å². The molecule has 0 aliphatic carbocycles. The highest BCUT2D eigenvalue weighted by molar-refractivity contribution is 9.10. The minimum absolute atomic E-state index is 0.0594. The lowest BCUT2D eigenvalue weighted by atomic mass is 10.2. The molecule has 0 atom stereocenters. The molecule has 0 unspecified atom stereocenters. The Morgan fingerprint density at radius 3 is 2.75 bits per heavy atom. The predicted molar refractivity (Wildman–Crippen MR) is 50.9 cm³/mol. The van der Waals surface area contributed by atoms with Crippen molar-refractivity contribution in [2.45, 2.75) is 0 Å². The fourth-order valence-corrected chi connectivity index (χ4v) is 1.30. The fraction of sp³-hybridized carbons (Fsp3) is 0. The van der Waals surface area contributed by atoms with E-state index in [1.807, 2.05) is 0 Å². The van der Waals surface area contributed by atoms with E-state index in [2.05, 4.69) is 21.0 Å². The Balaban J connectivity index is 3.21. The predicted octanol–water partition coefficient (Wildman–Crippen LogP) is 2.53. The first-order valence-electron chi connectivity index (χ1n) is 3.03. The largest absolute Gasteiger partial charge is 0.323 e. The van der Waals surface area contributed by atoms with E-state index in [-0.39, 0.29) is 5.02 Å². The lowest BCUT2D eigenvalue weighted by molar-refractivity contribution is 0.627. The molecule has 0 aliphatic heterocycles. The van der Waals surface area contributed by atoms with Crippen LogP contribution in [0.3, 0.4) is 0 Å². The number of hydrogen-bond acceptors (Lipinski definition) is 2. The minimum Gasteiger partial charge on any atom is -0.323 e. The second-order valence-electron chi connectivity index (χ2n) is 2.08. The first kappa shape index (κ1) is 9.48. The Morgan fingerprint density at radius 1 is 1.58 bits per heavy atom. The summed E-state index contributed by atoms with van der Waals surface area (Å²) in [6.07, 6.45) is 1.34. The van der Waals surface area contributed by atoms with Crippen molar-refractivity contribution in [3.8, 4) is 0 Å². The van der Waals surface area contributed by atoms with Gasteiger partial charge < -0.3 is 5.84 Å². The zero-order valence-corrected chi connectivity index (χ0v) is 8.23. The van der Waals surface area contributed by atoms with Crippen molar-refractivity contribution < 1.29 is 4.39 Å². The van der Waals surface area contributed by atoms with Crippen LogP contribution in [0.15, 0.2) is 21.7 Å². The summed E-state index contributed by atoms with van der Waals surface area (Å²) in [5, 5.41) is 3.32. The standard InChI is InChI=1S/C7H5BrClFN2/c8-5-1-4(3-12-11)2-6(10)7(5)9/h1-3H,11H2. The van der Waals surface area contributed by atoms with Gasteiger partial charge in [-0.25, -0.2) is 4.39 Å². The van der Waals surface area contributed by atoms with Crippen LogP contribution in [0.25, 0.3) is 0 Å². The Bertz CT molecular complexity index is 304. The number of nitrogens with zero attached hydrogens (tertiary/aromatic N) is 1. The van der Waals surface area contributed by atoms with E-state index in [9.17, 15) is 4.39 Å². The molecule has 0 radical (unpaired) electrons.